The van der Waals surface area contributed by atoms with Crippen molar-refractivity contribution in [3.8, 4) is 0 Å². The minimum atomic E-state index is -0.932. The minimum Gasteiger partial charge on any atom is -1.00 e. The number of aromatic nitrogens is 1. The molecular formula is C13H11ClFNO2. The van der Waals surface area contributed by atoms with Crippen LogP contribution in [0.2, 0.25) is 5.02 Å². The number of nitrogens with zero attached hydrogens (tertiary/aromatic N) is 1. The summed E-state index contributed by atoms with van der Waals surface area (Å²) in [6.07, 6.45) is 3.40. The van der Waals surface area contributed by atoms with Crippen LogP contribution in [0.1, 0.15) is 15.9 Å². The SMILES string of the molecule is O=C(O)c1ccc[n+](Cc2ccccc2Cl)c1.[F-]. The maximum atomic E-state index is 10.8. The zero-order chi connectivity index (χ0) is 12.3. The van der Waals surface area contributed by atoms with Crippen molar-refractivity contribution in [2.45, 2.75) is 6.54 Å². The summed E-state index contributed by atoms with van der Waals surface area (Å²) in [5.41, 5.74) is 1.22. The largest absolute Gasteiger partial charge is 1.00 e. The lowest BCUT2D eigenvalue weighted by atomic mass is 10.2. The summed E-state index contributed by atoms with van der Waals surface area (Å²) in [5, 5.41) is 9.57. The van der Waals surface area contributed by atoms with Crippen molar-refractivity contribution >= 4 is 17.6 Å². The molecule has 18 heavy (non-hydrogen) atoms. The van der Waals surface area contributed by atoms with Gasteiger partial charge in [0.15, 0.2) is 18.9 Å². The van der Waals surface area contributed by atoms with E-state index in [1.165, 1.54) is 0 Å². The van der Waals surface area contributed by atoms with Gasteiger partial charge in [0, 0.05) is 11.6 Å². The lowest BCUT2D eigenvalue weighted by Crippen LogP contribution is -3.00. The Morgan fingerprint density at radius 1 is 1.22 bits per heavy atom. The fourth-order valence-electron chi connectivity index (χ4n) is 1.57. The van der Waals surface area contributed by atoms with Crippen molar-refractivity contribution in [1.82, 2.24) is 0 Å². The number of hydrogen-bond acceptors (Lipinski definition) is 1. The topological polar surface area (TPSA) is 41.2 Å². The number of rotatable bonds is 3. The van der Waals surface area contributed by atoms with E-state index in [1.54, 1.807) is 22.9 Å². The van der Waals surface area contributed by atoms with Crippen LogP contribution in [-0.2, 0) is 6.54 Å². The first-order chi connectivity index (χ1) is 8.16. The molecule has 0 amide bonds. The number of benzene rings is 1. The van der Waals surface area contributed by atoms with Gasteiger partial charge in [0.25, 0.3) is 0 Å². The van der Waals surface area contributed by atoms with Crippen LogP contribution in [0.3, 0.4) is 0 Å². The van der Waals surface area contributed by atoms with Gasteiger partial charge < -0.3 is 9.81 Å². The lowest BCUT2D eigenvalue weighted by Gasteiger charge is -2.00. The molecule has 1 aromatic carbocycles. The van der Waals surface area contributed by atoms with Crippen molar-refractivity contribution in [3.63, 3.8) is 0 Å². The zero-order valence-electron chi connectivity index (χ0n) is 9.38. The van der Waals surface area contributed by atoms with Crippen molar-refractivity contribution < 1.29 is 19.2 Å². The van der Waals surface area contributed by atoms with Crippen molar-refractivity contribution in [2.75, 3.05) is 0 Å². The van der Waals surface area contributed by atoms with Gasteiger partial charge in [0.05, 0.1) is 5.02 Å². The molecule has 94 valence electrons. The first-order valence-electron chi connectivity index (χ1n) is 5.12. The molecule has 5 heteroatoms. The van der Waals surface area contributed by atoms with Crippen molar-refractivity contribution in [2.24, 2.45) is 0 Å². The second-order valence-corrected chi connectivity index (χ2v) is 4.07. The highest BCUT2D eigenvalue weighted by molar-refractivity contribution is 6.31. The van der Waals surface area contributed by atoms with E-state index >= 15 is 0 Å². The van der Waals surface area contributed by atoms with E-state index in [-0.39, 0.29) is 10.3 Å². The van der Waals surface area contributed by atoms with Gasteiger partial charge >= 0.3 is 5.97 Å². The third-order valence-electron chi connectivity index (χ3n) is 2.42. The molecule has 1 aromatic heterocycles. The van der Waals surface area contributed by atoms with E-state index in [9.17, 15) is 4.79 Å². The van der Waals surface area contributed by atoms with E-state index in [2.05, 4.69) is 0 Å². The summed E-state index contributed by atoms with van der Waals surface area (Å²) < 4.78 is 1.80. The van der Waals surface area contributed by atoms with Crippen LogP contribution < -0.4 is 9.27 Å². The molecule has 2 rings (SSSR count). The molecular weight excluding hydrogens is 257 g/mol. The molecule has 0 bridgehead atoms. The monoisotopic (exact) mass is 267 g/mol. The number of halogens is 2. The Balaban J connectivity index is 0.00000162. The molecule has 1 heterocycles. The lowest BCUT2D eigenvalue weighted by molar-refractivity contribution is -0.688. The number of carboxylic acids is 1. The maximum absolute atomic E-state index is 10.8. The Labute approximate surface area is 109 Å². The van der Waals surface area contributed by atoms with E-state index in [4.69, 9.17) is 16.7 Å². The molecule has 0 atom stereocenters. The molecule has 0 unspecified atom stereocenters. The van der Waals surface area contributed by atoms with E-state index < -0.39 is 5.97 Å². The standard InChI is InChI=1S/C13H10ClNO2.FH/c14-12-6-2-1-4-10(12)8-15-7-3-5-11(9-15)13(16)17;/h1-7,9H,8H2;1H. The fourth-order valence-corrected chi connectivity index (χ4v) is 1.77. The Morgan fingerprint density at radius 3 is 2.61 bits per heavy atom. The van der Waals surface area contributed by atoms with Crippen LogP contribution >= 0.6 is 11.6 Å². The van der Waals surface area contributed by atoms with Gasteiger partial charge in [-0.25, -0.2) is 4.79 Å². The van der Waals surface area contributed by atoms with Gasteiger partial charge in [0.1, 0.15) is 5.56 Å². The molecule has 0 saturated carbocycles. The van der Waals surface area contributed by atoms with Gasteiger partial charge in [-0.1, -0.05) is 29.8 Å². The molecule has 0 fully saturated rings. The Bertz CT molecular complexity index is 560. The highest BCUT2D eigenvalue weighted by atomic mass is 35.5. The second-order valence-electron chi connectivity index (χ2n) is 3.66. The predicted octanol–water partition coefficient (Wildman–Crippen LogP) is -0.622. The highest BCUT2D eigenvalue weighted by Crippen LogP contribution is 2.14. The molecule has 0 saturated heterocycles. The fraction of sp³-hybridized carbons (Fsp3) is 0.0769. The molecule has 3 nitrogen and oxygen atoms in total. The van der Waals surface area contributed by atoms with Crippen LogP contribution in [0, 0.1) is 0 Å². The average Bonchev–Trinajstić information content (AvgIpc) is 2.32. The Morgan fingerprint density at radius 2 is 1.94 bits per heavy atom. The Kier molecular flexibility index (Phi) is 4.80. The van der Waals surface area contributed by atoms with E-state index in [1.807, 2.05) is 30.5 Å². The summed E-state index contributed by atoms with van der Waals surface area (Å²) in [5.74, 6) is -0.932. The van der Waals surface area contributed by atoms with Gasteiger partial charge in [-0.15, -0.1) is 0 Å². The average molecular weight is 268 g/mol. The number of carboxylic acid groups (broad SMARTS) is 1. The van der Waals surface area contributed by atoms with Gasteiger partial charge in [0.2, 0.25) is 0 Å². The molecule has 2 aromatic rings. The molecule has 0 aliphatic rings. The summed E-state index contributed by atoms with van der Waals surface area (Å²) >= 11 is 6.05. The summed E-state index contributed by atoms with van der Waals surface area (Å²) in [6.45, 7) is 0.556. The molecule has 1 N–H and O–H groups in total. The van der Waals surface area contributed by atoms with E-state index in [0.717, 1.165) is 5.56 Å². The van der Waals surface area contributed by atoms with Crippen LogP contribution in [0.5, 0.6) is 0 Å². The third kappa shape index (κ3) is 3.28. The molecule has 0 aliphatic carbocycles. The van der Waals surface area contributed by atoms with Crippen molar-refractivity contribution in [3.05, 3.63) is 64.9 Å². The first-order valence-corrected chi connectivity index (χ1v) is 5.50. The summed E-state index contributed by atoms with van der Waals surface area (Å²) in [7, 11) is 0. The molecule has 0 aliphatic heterocycles. The van der Waals surface area contributed by atoms with Gasteiger partial charge in [-0.2, -0.15) is 4.57 Å². The zero-order valence-corrected chi connectivity index (χ0v) is 10.1. The van der Waals surface area contributed by atoms with Crippen molar-refractivity contribution in [1.29, 1.82) is 0 Å². The molecule has 0 spiro atoms. The smallest absolute Gasteiger partial charge is 0.341 e. The minimum absolute atomic E-state index is 0. The highest BCUT2D eigenvalue weighted by Gasteiger charge is 2.10. The number of pyridine rings is 1. The maximum Gasteiger partial charge on any atom is 0.341 e. The van der Waals surface area contributed by atoms with Crippen LogP contribution in [-0.4, -0.2) is 11.1 Å². The van der Waals surface area contributed by atoms with Gasteiger partial charge in [-0.3, -0.25) is 0 Å². The molecule has 0 radical (unpaired) electrons. The normalized spacial score (nSPS) is 9.61. The number of aromatic carboxylic acids is 1. The number of carbonyl (C=O) groups is 1. The van der Waals surface area contributed by atoms with Crippen LogP contribution in [0.15, 0.2) is 48.8 Å². The van der Waals surface area contributed by atoms with E-state index in [0.29, 0.717) is 11.6 Å². The predicted molar refractivity (Wildman–Crippen MR) is 64.2 cm³/mol. The summed E-state index contributed by atoms with van der Waals surface area (Å²) in [4.78, 5) is 10.8. The van der Waals surface area contributed by atoms with Crippen LogP contribution in [0.4, 0.5) is 0 Å². The second kappa shape index (κ2) is 6.12. The van der Waals surface area contributed by atoms with Gasteiger partial charge in [-0.05, 0) is 12.1 Å². The van der Waals surface area contributed by atoms with Crippen LogP contribution in [0.25, 0.3) is 0 Å². The number of hydrogen-bond donors (Lipinski definition) is 1. The first kappa shape index (κ1) is 14.1. The third-order valence-corrected chi connectivity index (χ3v) is 2.78. The quantitative estimate of drug-likeness (QED) is 0.753. The summed E-state index contributed by atoms with van der Waals surface area (Å²) in [6, 6.07) is 10.8. The Hall–Kier alpha value is -1.94.